The smallest absolute Gasteiger partial charge is 0.250 e. The van der Waals surface area contributed by atoms with Gasteiger partial charge >= 0.3 is 0 Å². The van der Waals surface area contributed by atoms with Crippen molar-refractivity contribution in [2.45, 2.75) is 31.7 Å². The van der Waals surface area contributed by atoms with Crippen molar-refractivity contribution in [3.8, 4) is 0 Å². The first kappa shape index (κ1) is 24.7. The van der Waals surface area contributed by atoms with Crippen LogP contribution in [0.15, 0.2) is 72.9 Å². The van der Waals surface area contributed by atoms with Crippen LogP contribution in [-0.4, -0.2) is 65.3 Å². The Bertz CT molecular complexity index is 1360. The summed E-state index contributed by atoms with van der Waals surface area (Å²) in [5, 5.41) is 11.6. The van der Waals surface area contributed by atoms with E-state index in [1.807, 2.05) is 12.3 Å². The zero-order valence-corrected chi connectivity index (χ0v) is 21.4. The molecule has 4 aromatic rings. The largest absolute Gasteiger partial charge is 0.353 e. The molecule has 0 amide bonds. The Morgan fingerprint density at radius 3 is 2.08 bits per heavy atom. The second-order valence-electron chi connectivity index (χ2n) is 10.3. The van der Waals surface area contributed by atoms with E-state index in [4.69, 9.17) is 10.1 Å². The summed E-state index contributed by atoms with van der Waals surface area (Å²) < 4.78 is 26.9. The molecule has 0 saturated carbocycles. The highest BCUT2D eigenvalue weighted by Crippen LogP contribution is 2.30. The predicted octanol–water partition coefficient (Wildman–Crippen LogP) is 5.17. The number of alkyl halides is 2. The quantitative estimate of drug-likeness (QED) is 0.354. The third kappa shape index (κ3) is 5.45. The third-order valence-corrected chi connectivity index (χ3v) is 7.66. The van der Waals surface area contributed by atoms with Gasteiger partial charge in [0.05, 0.1) is 5.69 Å². The van der Waals surface area contributed by atoms with Crippen molar-refractivity contribution >= 4 is 22.4 Å². The lowest BCUT2D eigenvalue weighted by Crippen LogP contribution is -2.47. The predicted molar refractivity (Wildman–Crippen MR) is 147 cm³/mol. The summed E-state index contributed by atoms with van der Waals surface area (Å²) in [5.41, 5.74) is 3.29. The molecule has 38 heavy (non-hydrogen) atoms. The fraction of sp³-hybridized carbons (Fsp3) is 0.367. The van der Waals surface area contributed by atoms with E-state index < -0.39 is 5.92 Å². The maximum absolute atomic E-state index is 13.4. The van der Waals surface area contributed by atoms with Gasteiger partial charge in [-0.2, -0.15) is 5.10 Å². The van der Waals surface area contributed by atoms with Crippen LogP contribution in [0.5, 0.6) is 0 Å². The summed E-state index contributed by atoms with van der Waals surface area (Å²) in [7, 11) is 0. The lowest BCUT2D eigenvalue weighted by Gasteiger charge is -2.36. The van der Waals surface area contributed by atoms with E-state index in [2.05, 4.69) is 80.5 Å². The second kappa shape index (κ2) is 10.6. The summed E-state index contributed by atoms with van der Waals surface area (Å²) in [6.45, 7) is 4.89. The van der Waals surface area contributed by atoms with Crippen LogP contribution in [0.2, 0.25) is 0 Å². The standard InChI is InChI=1S/C30H32F2N6/c31-30(32)12-14-36(15-13-30)22-24-10-11-28(33-21-24)37-16-18-38(19-17-37)29-26-9-5-4-8-25(26)27(34-35-29)20-23-6-2-1-3-7-23/h1-11,21H,12-20,22H2. The molecule has 2 fully saturated rings. The van der Waals surface area contributed by atoms with Crippen molar-refractivity contribution < 1.29 is 8.78 Å². The van der Waals surface area contributed by atoms with E-state index in [1.54, 1.807) is 0 Å². The molecule has 0 N–H and O–H groups in total. The van der Waals surface area contributed by atoms with Crippen molar-refractivity contribution in [3.63, 3.8) is 0 Å². The molecule has 6 nitrogen and oxygen atoms in total. The Morgan fingerprint density at radius 1 is 0.684 bits per heavy atom. The van der Waals surface area contributed by atoms with Crippen LogP contribution in [-0.2, 0) is 13.0 Å². The van der Waals surface area contributed by atoms with Gasteiger partial charge in [0.25, 0.3) is 5.92 Å². The van der Waals surface area contributed by atoms with E-state index in [0.29, 0.717) is 19.6 Å². The van der Waals surface area contributed by atoms with Crippen LogP contribution in [0, 0.1) is 0 Å². The number of hydrogen-bond donors (Lipinski definition) is 0. The molecule has 2 aromatic heterocycles. The minimum Gasteiger partial charge on any atom is -0.353 e. The zero-order chi connectivity index (χ0) is 26.0. The summed E-state index contributed by atoms with van der Waals surface area (Å²) in [5.74, 6) is -0.622. The molecule has 2 saturated heterocycles. The highest BCUT2D eigenvalue weighted by Gasteiger charge is 2.33. The van der Waals surface area contributed by atoms with Gasteiger partial charge in [0.15, 0.2) is 5.82 Å². The first-order valence-corrected chi connectivity index (χ1v) is 13.4. The van der Waals surface area contributed by atoms with Gasteiger partial charge in [-0.1, -0.05) is 60.7 Å². The van der Waals surface area contributed by atoms with Gasteiger partial charge in [-0.05, 0) is 17.2 Å². The number of likely N-dealkylation sites (tertiary alicyclic amines) is 1. The van der Waals surface area contributed by atoms with E-state index in [9.17, 15) is 8.78 Å². The Hall–Kier alpha value is -3.65. The van der Waals surface area contributed by atoms with Crippen LogP contribution in [0.4, 0.5) is 20.4 Å². The van der Waals surface area contributed by atoms with E-state index >= 15 is 0 Å². The maximum Gasteiger partial charge on any atom is 0.250 e. The molecule has 0 bridgehead atoms. The number of benzene rings is 2. The van der Waals surface area contributed by atoms with Crippen LogP contribution in [0.1, 0.15) is 29.7 Å². The Kier molecular flexibility index (Phi) is 6.89. The normalized spacial score (nSPS) is 18.2. The number of piperazine rings is 1. The fourth-order valence-corrected chi connectivity index (χ4v) is 5.44. The number of aromatic nitrogens is 3. The highest BCUT2D eigenvalue weighted by molar-refractivity contribution is 5.93. The van der Waals surface area contributed by atoms with Crippen molar-refractivity contribution in [2.24, 2.45) is 0 Å². The number of nitrogens with zero attached hydrogens (tertiary/aromatic N) is 6. The molecule has 2 aliphatic heterocycles. The molecule has 2 aliphatic rings. The molecule has 196 valence electrons. The molecule has 4 heterocycles. The lowest BCUT2D eigenvalue weighted by molar-refractivity contribution is -0.0566. The third-order valence-electron chi connectivity index (χ3n) is 7.66. The topological polar surface area (TPSA) is 48.4 Å². The molecular weight excluding hydrogens is 482 g/mol. The summed E-state index contributed by atoms with van der Waals surface area (Å²) in [6, 6.07) is 22.9. The van der Waals surface area contributed by atoms with Gasteiger partial charge < -0.3 is 9.80 Å². The van der Waals surface area contributed by atoms with Gasteiger partial charge in [-0.3, -0.25) is 4.90 Å². The van der Waals surface area contributed by atoms with Gasteiger partial charge in [0.2, 0.25) is 0 Å². The van der Waals surface area contributed by atoms with Crippen LogP contribution >= 0.6 is 0 Å². The Labute approximate surface area is 221 Å². The number of hydrogen-bond acceptors (Lipinski definition) is 6. The van der Waals surface area contributed by atoms with E-state index in [-0.39, 0.29) is 12.8 Å². The minimum atomic E-state index is -2.51. The molecular formula is C30H32F2N6. The highest BCUT2D eigenvalue weighted by atomic mass is 19.3. The first-order chi connectivity index (χ1) is 18.5. The molecule has 0 radical (unpaired) electrons. The van der Waals surface area contributed by atoms with Crippen molar-refractivity contribution in [2.75, 3.05) is 49.1 Å². The second-order valence-corrected chi connectivity index (χ2v) is 10.3. The number of rotatable bonds is 6. The average Bonchev–Trinajstić information content (AvgIpc) is 2.96. The minimum absolute atomic E-state index is 0.0573. The van der Waals surface area contributed by atoms with Crippen LogP contribution < -0.4 is 9.80 Å². The first-order valence-electron chi connectivity index (χ1n) is 13.4. The number of anilines is 2. The van der Waals surface area contributed by atoms with Crippen LogP contribution in [0.25, 0.3) is 10.8 Å². The van der Waals surface area contributed by atoms with Crippen LogP contribution in [0.3, 0.4) is 0 Å². The van der Waals surface area contributed by atoms with Crippen molar-refractivity contribution in [3.05, 3.63) is 89.7 Å². The maximum atomic E-state index is 13.4. The zero-order valence-electron chi connectivity index (χ0n) is 21.4. The Morgan fingerprint density at radius 2 is 1.37 bits per heavy atom. The summed E-state index contributed by atoms with van der Waals surface area (Å²) in [6.07, 6.45) is 2.53. The van der Waals surface area contributed by atoms with Gasteiger partial charge in [0.1, 0.15) is 5.82 Å². The number of halogens is 2. The number of piperidine rings is 1. The monoisotopic (exact) mass is 514 g/mol. The summed E-state index contributed by atoms with van der Waals surface area (Å²) >= 11 is 0. The van der Waals surface area contributed by atoms with Crippen molar-refractivity contribution in [1.29, 1.82) is 0 Å². The van der Waals surface area contributed by atoms with E-state index in [1.165, 1.54) is 5.56 Å². The number of fused-ring (bicyclic) bond motifs is 1. The van der Waals surface area contributed by atoms with Gasteiger partial charge in [-0.25, -0.2) is 13.8 Å². The SMILES string of the molecule is FC1(F)CCN(Cc2ccc(N3CCN(c4nnc(Cc5ccccc5)c5ccccc45)CC3)nc2)CC1. The molecule has 0 spiro atoms. The molecule has 0 aliphatic carbocycles. The molecule has 0 unspecified atom stereocenters. The fourth-order valence-electron chi connectivity index (χ4n) is 5.44. The number of pyridine rings is 1. The summed E-state index contributed by atoms with van der Waals surface area (Å²) in [4.78, 5) is 11.4. The van der Waals surface area contributed by atoms with Crippen molar-refractivity contribution in [1.82, 2.24) is 20.1 Å². The van der Waals surface area contributed by atoms with E-state index in [0.717, 1.165) is 66.3 Å². The molecule has 2 aromatic carbocycles. The lowest BCUT2D eigenvalue weighted by atomic mass is 10.0. The van der Waals surface area contributed by atoms with Gasteiger partial charge in [-0.15, -0.1) is 5.10 Å². The molecule has 6 rings (SSSR count). The molecule has 8 heteroatoms. The van der Waals surface area contributed by atoms with Gasteiger partial charge in [0, 0.05) is 82.0 Å². The molecule has 0 atom stereocenters. The average molecular weight is 515 g/mol. The Balaban J connectivity index is 1.10.